The minimum Gasteiger partial charge on any atom is -0.313 e. The number of benzene rings is 1. The van der Waals surface area contributed by atoms with E-state index >= 15 is 0 Å². The Hall–Kier alpha value is -0.860. The topological polar surface area (TPSA) is 15.3 Å². The van der Waals surface area contributed by atoms with Crippen LogP contribution in [0.3, 0.4) is 0 Å². The Labute approximate surface area is 151 Å². The summed E-state index contributed by atoms with van der Waals surface area (Å²) in [6.45, 7) is 4.07. The largest absolute Gasteiger partial charge is 0.313 e. The van der Waals surface area contributed by atoms with Crippen molar-refractivity contribution in [2.75, 3.05) is 19.6 Å². The molecule has 1 aromatic rings. The molecule has 0 radical (unpaired) electrons. The van der Waals surface area contributed by atoms with Crippen molar-refractivity contribution in [2.24, 2.45) is 23.2 Å². The Morgan fingerprint density at radius 3 is 2.96 bits per heavy atom. The van der Waals surface area contributed by atoms with E-state index < -0.39 is 0 Å². The number of hydrogen-bond acceptors (Lipinski definition) is 2. The van der Waals surface area contributed by atoms with Crippen LogP contribution in [0.4, 0.5) is 0 Å². The van der Waals surface area contributed by atoms with Crippen molar-refractivity contribution in [2.45, 2.75) is 62.4 Å². The molecule has 4 bridgehead atoms. The molecule has 0 spiro atoms. The highest BCUT2D eigenvalue weighted by Gasteiger charge is 2.74. The van der Waals surface area contributed by atoms with Gasteiger partial charge >= 0.3 is 0 Å². The van der Waals surface area contributed by atoms with E-state index in [-0.39, 0.29) is 0 Å². The number of rotatable bonds is 2. The Kier molecular flexibility index (Phi) is 2.57. The molecule has 7 rings (SSSR count). The summed E-state index contributed by atoms with van der Waals surface area (Å²) in [7, 11) is 0. The van der Waals surface area contributed by atoms with Gasteiger partial charge in [0.25, 0.3) is 0 Å². The summed E-state index contributed by atoms with van der Waals surface area (Å²) < 4.78 is 0. The molecular weight excluding hydrogens is 304 g/mol. The molecule has 4 aliphatic carbocycles. The predicted octanol–water partition coefficient (Wildman–Crippen LogP) is 3.35. The second-order valence-corrected chi connectivity index (χ2v) is 10.2. The predicted molar refractivity (Wildman–Crippen MR) is 99.6 cm³/mol. The number of likely N-dealkylation sites (tertiary alicyclic amines) is 1. The SMILES string of the molecule is c1ccc2c(c1)C[C@H]1N(CC3CC3)CC[C@@]23C2C4CC[C@@]13C[C@@H]2CN4. The number of piperidine rings is 1. The smallest absolute Gasteiger partial charge is 0.0201 e. The van der Waals surface area contributed by atoms with Crippen molar-refractivity contribution in [3.05, 3.63) is 35.4 Å². The van der Waals surface area contributed by atoms with Gasteiger partial charge in [0.1, 0.15) is 0 Å². The molecular formula is C23H30N2. The summed E-state index contributed by atoms with van der Waals surface area (Å²) in [6.07, 6.45) is 10.2. The molecule has 2 heterocycles. The van der Waals surface area contributed by atoms with E-state index in [0.29, 0.717) is 10.8 Å². The average molecular weight is 335 g/mol. The van der Waals surface area contributed by atoms with E-state index in [2.05, 4.69) is 34.5 Å². The molecule has 2 heteroatoms. The summed E-state index contributed by atoms with van der Waals surface area (Å²) >= 11 is 0. The van der Waals surface area contributed by atoms with Gasteiger partial charge in [-0.2, -0.15) is 0 Å². The highest BCUT2D eigenvalue weighted by molar-refractivity contribution is 5.48. The minimum absolute atomic E-state index is 0.504. The monoisotopic (exact) mass is 334 g/mol. The Morgan fingerprint density at radius 2 is 2.04 bits per heavy atom. The fraction of sp³-hybridized carbons (Fsp3) is 0.739. The molecule has 6 aliphatic rings. The maximum absolute atomic E-state index is 3.94. The van der Waals surface area contributed by atoms with Crippen molar-refractivity contribution in [1.29, 1.82) is 0 Å². The summed E-state index contributed by atoms with van der Waals surface area (Å²) in [4.78, 5) is 2.99. The fourth-order valence-corrected chi connectivity index (χ4v) is 8.77. The number of nitrogens with one attached hydrogen (secondary N) is 1. The molecule has 2 unspecified atom stereocenters. The van der Waals surface area contributed by atoms with Gasteiger partial charge in [-0.25, -0.2) is 0 Å². The molecule has 1 aromatic carbocycles. The summed E-state index contributed by atoms with van der Waals surface area (Å²) in [5.41, 5.74) is 4.60. The number of fused-ring (bicyclic) bond motifs is 1. The first kappa shape index (κ1) is 14.2. The van der Waals surface area contributed by atoms with Crippen molar-refractivity contribution < 1.29 is 0 Å². The standard InChI is InChI=1S/C23H30N2/c1-2-4-18-16(3-1)11-20-22-8-7-19-21(17(12-22)13-24-19)23(18,22)9-10-25(20)14-15-5-6-15/h1-4,15,17,19-21,24H,5-14H2/t17-,19?,20-,21?,22-,23+/m1/s1. The Balaban J connectivity index is 1.45. The van der Waals surface area contributed by atoms with Crippen LogP contribution >= 0.6 is 0 Å². The van der Waals surface area contributed by atoms with Crippen LogP contribution in [-0.2, 0) is 11.8 Å². The van der Waals surface area contributed by atoms with Crippen LogP contribution in [0.15, 0.2) is 24.3 Å². The van der Waals surface area contributed by atoms with Crippen LogP contribution in [0, 0.1) is 23.2 Å². The fourth-order valence-electron chi connectivity index (χ4n) is 8.77. The zero-order valence-corrected chi connectivity index (χ0v) is 15.2. The summed E-state index contributed by atoms with van der Waals surface area (Å²) in [5, 5.41) is 3.94. The van der Waals surface area contributed by atoms with Gasteiger partial charge in [-0.05, 0) is 92.3 Å². The molecule has 5 fully saturated rings. The molecule has 0 aromatic heterocycles. The van der Waals surface area contributed by atoms with Crippen molar-refractivity contribution >= 4 is 0 Å². The van der Waals surface area contributed by atoms with Gasteiger partial charge in [-0.3, -0.25) is 4.90 Å². The Bertz CT molecular complexity index is 739. The molecule has 6 atom stereocenters. The van der Waals surface area contributed by atoms with Crippen LogP contribution < -0.4 is 5.32 Å². The van der Waals surface area contributed by atoms with Crippen molar-refractivity contribution in [3.63, 3.8) is 0 Å². The summed E-state index contributed by atoms with van der Waals surface area (Å²) in [5.74, 6) is 2.90. The number of hydrogen-bond donors (Lipinski definition) is 1. The van der Waals surface area contributed by atoms with Gasteiger partial charge in [0.2, 0.25) is 0 Å². The third kappa shape index (κ3) is 1.53. The molecule has 0 amide bonds. The minimum atomic E-state index is 0.504. The van der Waals surface area contributed by atoms with E-state index in [1.807, 2.05) is 0 Å². The van der Waals surface area contributed by atoms with E-state index in [1.165, 1.54) is 64.6 Å². The van der Waals surface area contributed by atoms with Crippen LogP contribution in [0.2, 0.25) is 0 Å². The van der Waals surface area contributed by atoms with Gasteiger partial charge < -0.3 is 5.32 Å². The first-order chi connectivity index (χ1) is 12.3. The van der Waals surface area contributed by atoms with Crippen molar-refractivity contribution in [3.8, 4) is 0 Å². The van der Waals surface area contributed by atoms with Gasteiger partial charge in [0.05, 0.1) is 0 Å². The third-order valence-electron chi connectivity index (χ3n) is 9.54. The quantitative estimate of drug-likeness (QED) is 0.892. The second kappa shape index (κ2) is 4.51. The highest BCUT2D eigenvalue weighted by Crippen LogP contribution is 2.74. The molecule has 3 saturated carbocycles. The van der Waals surface area contributed by atoms with Gasteiger partial charge in [-0.1, -0.05) is 24.3 Å². The van der Waals surface area contributed by atoms with Gasteiger partial charge in [0.15, 0.2) is 0 Å². The number of nitrogens with zero attached hydrogens (tertiary/aromatic N) is 1. The summed E-state index contributed by atoms with van der Waals surface area (Å²) in [6, 6.07) is 11.3. The van der Waals surface area contributed by atoms with Crippen LogP contribution in [0.5, 0.6) is 0 Å². The van der Waals surface area contributed by atoms with E-state index in [9.17, 15) is 0 Å². The first-order valence-corrected chi connectivity index (χ1v) is 10.9. The maximum Gasteiger partial charge on any atom is 0.0201 e. The lowest BCUT2D eigenvalue weighted by molar-refractivity contribution is -0.0940. The normalized spacial score (nSPS) is 49.8. The molecule has 2 aliphatic heterocycles. The lowest BCUT2D eigenvalue weighted by atomic mass is 9.44. The van der Waals surface area contributed by atoms with E-state index in [4.69, 9.17) is 0 Å². The molecule has 25 heavy (non-hydrogen) atoms. The zero-order valence-electron chi connectivity index (χ0n) is 15.2. The third-order valence-corrected chi connectivity index (χ3v) is 9.54. The lowest BCUT2D eigenvalue weighted by Crippen LogP contribution is -2.69. The van der Waals surface area contributed by atoms with Gasteiger partial charge in [-0.15, -0.1) is 0 Å². The molecule has 1 N–H and O–H groups in total. The Morgan fingerprint density at radius 1 is 1.12 bits per heavy atom. The van der Waals surface area contributed by atoms with Crippen LogP contribution in [0.25, 0.3) is 0 Å². The van der Waals surface area contributed by atoms with Gasteiger partial charge in [0, 0.05) is 24.0 Å². The van der Waals surface area contributed by atoms with E-state index in [0.717, 1.165) is 29.8 Å². The second-order valence-electron chi connectivity index (χ2n) is 10.2. The molecule has 132 valence electrons. The molecule has 2 nitrogen and oxygen atoms in total. The molecule has 2 saturated heterocycles. The van der Waals surface area contributed by atoms with Crippen LogP contribution in [0.1, 0.15) is 49.7 Å². The first-order valence-electron chi connectivity index (χ1n) is 10.9. The zero-order chi connectivity index (χ0) is 16.2. The average Bonchev–Trinajstić information content (AvgIpc) is 3.29. The van der Waals surface area contributed by atoms with E-state index in [1.54, 1.807) is 11.1 Å². The maximum atomic E-state index is 3.94. The van der Waals surface area contributed by atoms with Crippen LogP contribution in [-0.4, -0.2) is 36.6 Å². The highest BCUT2D eigenvalue weighted by atomic mass is 15.2. The lowest BCUT2D eigenvalue weighted by Gasteiger charge is -2.66. The van der Waals surface area contributed by atoms with Crippen molar-refractivity contribution in [1.82, 2.24) is 10.2 Å².